The molecule has 0 saturated heterocycles. The molecule has 1 aromatic rings. The first-order chi connectivity index (χ1) is 6.74. The number of carbonyl (C=O) groups is 1. The lowest BCUT2D eigenvalue weighted by Gasteiger charge is -2.03. The molecule has 1 aromatic carbocycles. The summed E-state index contributed by atoms with van der Waals surface area (Å²) in [5.74, 6) is -0.208. The molecule has 0 aromatic heterocycles. The average molecular weight is 210 g/mol. The van der Waals surface area contributed by atoms with Crippen molar-refractivity contribution in [2.45, 2.75) is 4.90 Å². The zero-order valence-corrected chi connectivity index (χ0v) is 8.45. The second kappa shape index (κ2) is 5.34. The van der Waals surface area contributed by atoms with Gasteiger partial charge in [0.1, 0.15) is 5.75 Å². The number of hydrogen-bond donors (Lipinski definition) is 1. The molecule has 0 fully saturated rings. The number of hydrogen-bond acceptors (Lipinski definition) is 3. The van der Waals surface area contributed by atoms with Gasteiger partial charge in [0.25, 0.3) is 0 Å². The fraction of sp³-hybridized carbons (Fsp3) is 0.100. The molecule has 3 nitrogen and oxygen atoms in total. The van der Waals surface area contributed by atoms with Gasteiger partial charge >= 0.3 is 5.97 Å². The van der Waals surface area contributed by atoms with E-state index in [-0.39, 0.29) is 0 Å². The summed E-state index contributed by atoms with van der Waals surface area (Å²) in [4.78, 5) is 11.1. The standard InChI is InChI=1S/C10H10O3S/c1-13-8-4-2-3-5-9(8)14-7-6-10(11)12/h2-7H,1H3,(H,11,12). The first-order valence-corrected chi connectivity index (χ1v) is 4.81. The van der Waals surface area contributed by atoms with Crippen molar-refractivity contribution in [3.05, 3.63) is 35.7 Å². The summed E-state index contributed by atoms with van der Waals surface area (Å²) in [7, 11) is 1.58. The summed E-state index contributed by atoms with van der Waals surface area (Å²) in [6.45, 7) is 0. The predicted octanol–water partition coefficient (Wildman–Crippen LogP) is 2.39. The summed E-state index contributed by atoms with van der Waals surface area (Å²) in [5, 5.41) is 9.90. The Morgan fingerprint density at radius 1 is 1.50 bits per heavy atom. The van der Waals surface area contributed by atoms with E-state index in [4.69, 9.17) is 9.84 Å². The smallest absolute Gasteiger partial charge is 0.328 e. The largest absolute Gasteiger partial charge is 0.496 e. The van der Waals surface area contributed by atoms with E-state index < -0.39 is 5.97 Å². The van der Waals surface area contributed by atoms with Gasteiger partial charge in [0, 0.05) is 6.08 Å². The fourth-order valence-electron chi connectivity index (χ4n) is 0.882. The fourth-order valence-corrected chi connectivity index (χ4v) is 1.64. The molecule has 0 unspecified atom stereocenters. The second-order valence-corrected chi connectivity index (χ2v) is 3.36. The molecule has 0 bridgehead atoms. The molecule has 1 rings (SSSR count). The Hall–Kier alpha value is -1.42. The highest BCUT2D eigenvalue weighted by Gasteiger charge is 1.99. The summed E-state index contributed by atoms with van der Waals surface area (Å²) in [5.41, 5.74) is 0. The van der Waals surface area contributed by atoms with E-state index in [1.807, 2.05) is 24.3 Å². The molecule has 74 valence electrons. The Bertz CT molecular complexity index is 347. The van der Waals surface area contributed by atoms with Gasteiger partial charge in [0.05, 0.1) is 12.0 Å². The van der Waals surface area contributed by atoms with Crippen LogP contribution in [0.5, 0.6) is 5.75 Å². The van der Waals surface area contributed by atoms with Crippen LogP contribution in [0.4, 0.5) is 0 Å². The average Bonchev–Trinajstić information content (AvgIpc) is 2.18. The molecule has 0 aliphatic heterocycles. The number of ether oxygens (including phenoxy) is 1. The SMILES string of the molecule is COc1ccccc1SC=CC(=O)O. The van der Waals surface area contributed by atoms with E-state index in [0.717, 1.165) is 16.7 Å². The number of aliphatic carboxylic acids is 1. The van der Waals surface area contributed by atoms with Crippen molar-refractivity contribution in [1.29, 1.82) is 0 Å². The lowest BCUT2D eigenvalue weighted by molar-refractivity contribution is -0.131. The van der Waals surface area contributed by atoms with E-state index in [0.29, 0.717) is 0 Å². The molecule has 0 aliphatic carbocycles. The van der Waals surface area contributed by atoms with Gasteiger partial charge in [-0.3, -0.25) is 0 Å². The number of methoxy groups -OCH3 is 1. The van der Waals surface area contributed by atoms with Crippen molar-refractivity contribution < 1.29 is 14.6 Å². The van der Waals surface area contributed by atoms with Crippen LogP contribution in [0.3, 0.4) is 0 Å². The molecule has 0 aliphatic rings. The van der Waals surface area contributed by atoms with Crippen LogP contribution in [-0.4, -0.2) is 18.2 Å². The van der Waals surface area contributed by atoms with Crippen molar-refractivity contribution in [2.24, 2.45) is 0 Å². The first-order valence-electron chi connectivity index (χ1n) is 3.93. The molecule has 4 heteroatoms. The van der Waals surface area contributed by atoms with Crippen molar-refractivity contribution in [2.75, 3.05) is 7.11 Å². The second-order valence-electron chi connectivity index (χ2n) is 2.41. The summed E-state index contributed by atoms with van der Waals surface area (Å²) in [6, 6.07) is 7.44. The minimum absolute atomic E-state index is 0.743. The number of rotatable bonds is 4. The van der Waals surface area contributed by atoms with Gasteiger partial charge in [-0.15, -0.1) is 0 Å². The molecular weight excluding hydrogens is 200 g/mol. The Morgan fingerprint density at radius 2 is 2.21 bits per heavy atom. The molecule has 0 heterocycles. The van der Waals surface area contributed by atoms with E-state index in [1.165, 1.54) is 17.2 Å². The van der Waals surface area contributed by atoms with Crippen molar-refractivity contribution in [1.82, 2.24) is 0 Å². The number of thioether (sulfide) groups is 1. The highest BCUT2D eigenvalue weighted by molar-refractivity contribution is 8.02. The monoisotopic (exact) mass is 210 g/mol. The number of benzene rings is 1. The van der Waals surface area contributed by atoms with Crippen molar-refractivity contribution in [3.63, 3.8) is 0 Å². The lowest BCUT2D eigenvalue weighted by Crippen LogP contribution is -1.86. The van der Waals surface area contributed by atoms with E-state index in [2.05, 4.69) is 0 Å². The van der Waals surface area contributed by atoms with Crippen molar-refractivity contribution in [3.8, 4) is 5.75 Å². The van der Waals surface area contributed by atoms with Crippen LogP contribution in [0.1, 0.15) is 0 Å². The molecule has 0 radical (unpaired) electrons. The minimum Gasteiger partial charge on any atom is -0.496 e. The zero-order chi connectivity index (χ0) is 10.4. The van der Waals surface area contributed by atoms with Crippen LogP contribution >= 0.6 is 11.8 Å². The van der Waals surface area contributed by atoms with Crippen LogP contribution in [-0.2, 0) is 4.79 Å². The Kier molecular flexibility index (Phi) is 4.07. The molecular formula is C10H10O3S. The maximum atomic E-state index is 10.2. The maximum Gasteiger partial charge on any atom is 0.328 e. The van der Waals surface area contributed by atoms with E-state index >= 15 is 0 Å². The van der Waals surface area contributed by atoms with Crippen molar-refractivity contribution >= 4 is 17.7 Å². The zero-order valence-electron chi connectivity index (χ0n) is 7.64. The molecule has 0 saturated carbocycles. The number of carboxylic acid groups (broad SMARTS) is 1. The summed E-state index contributed by atoms with van der Waals surface area (Å²) >= 11 is 1.31. The van der Waals surface area contributed by atoms with Crippen LogP contribution in [0.25, 0.3) is 0 Å². The molecule has 0 atom stereocenters. The van der Waals surface area contributed by atoms with Gasteiger partial charge in [0.15, 0.2) is 0 Å². The number of carboxylic acids is 1. The third-order valence-corrected chi connectivity index (χ3v) is 2.34. The van der Waals surface area contributed by atoms with Gasteiger partial charge in [-0.1, -0.05) is 23.9 Å². The Morgan fingerprint density at radius 3 is 2.86 bits per heavy atom. The highest BCUT2D eigenvalue weighted by Crippen LogP contribution is 2.29. The summed E-state index contributed by atoms with van der Waals surface area (Å²) in [6.07, 6.45) is 1.09. The minimum atomic E-state index is -0.951. The van der Waals surface area contributed by atoms with Gasteiger partial charge in [-0.2, -0.15) is 0 Å². The normalized spacial score (nSPS) is 10.4. The summed E-state index contributed by atoms with van der Waals surface area (Å²) < 4.78 is 5.10. The highest BCUT2D eigenvalue weighted by atomic mass is 32.2. The quantitative estimate of drug-likeness (QED) is 0.612. The molecule has 14 heavy (non-hydrogen) atoms. The van der Waals surface area contributed by atoms with Crippen LogP contribution in [0, 0.1) is 0 Å². The van der Waals surface area contributed by atoms with Crippen LogP contribution in [0.2, 0.25) is 0 Å². The van der Waals surface area contributed by atoms with Gasteiger partial charge in [0.2, 0.25) is 0 Å². The third kappa shape index (κ3) is 3.14. The lowest BCUT2D eigenvalue weighted by atomic mass is 10.3. The maximum absolute atomic E-state index is 10.2. The van der Waals surface area contributed by atoms with Crippen LogP contribution in [0.15, 0.2) is 40.6 Å². The first kappa shape index (κ1) is 10.7. The van der Waals surface area contributed by atoms with E-state index in [9.17, 15) is 4.79 Å². The predicted molar refractivity (Wildman–Crippen MR) is 55.6 cm³/mol. The van der Waals surface area contributed by atoms with E-state index in [1.54, 1.807) is 7.11 Å². The molecule has 0 amide bonds. The number of para-hydroxylation sites is 1. The van der Waals surface area contributed by atoms with Gasteiger partial charge < -0.3 is 9.84 Å². The topological polar surface area (TPSA) is 46.5 Å². The van der Waals surface area contributed by atoms with Gasteiger partial charge in [-0.25, -0.2) is 4.79 Å². The molecule has 1 N–H and O–H groups in total. The van der Waals surface area contributed by atoms with Gasteiger partial charge in [-0.05, 0) is 17.5 Å². The Balaban J connectivity index is 2.71. The molecule has 0 spiro atoms. The Labute approximate surface area is 86.4 Å². The van der Waals surface area contributed by atoms with Crippen LogP contribution < -0.4 is 4.74 Å². The third-order valence-electron chi connectivity index (χ3n) is 1.47.